The summed E-state index contributed by atoms with van der Waals surface area (Å²) < 4.78 is 1.61. The highest BCUT2D eigenvalue weighted by Gasteiger charge is 1.88. The van der Waals surface area contributed by atoms with E-state index in [2.05, 4.69) is 15.1 Å². The van der Waals surface area contributed by atoms with Crippen molar-refractivity contribution in [1.82, 2.24) is 19.6 Å². The zero-order valence-corrected chi connectivity index (χ0v) is 8.60. The van der Waals surface area contributed by atoms with Crippen LogP contribution in [0, 0.1) is 0 Å². The fourth-order valence-electron chi connectivity index (χ4n) is 0.671. The fourth-order valence-corrected chi connectivity index (χ4v) is 0.671. The Hall–Kier alpha value is -1.45. The topological polar surface area (TPSA) is 43.1 Å². The van der Waals surface area contributed by atoms with Gasteiger partial charge in [0, 0.05) is 12.4 Å². The summed E-state index contributed by atoms with van der Waals surface area (Å²) in [6.45, 7) is 8.00. The molecule has 0 spiro atoms. The Balaban J connectivity index is 0.000000322. The van der Waals surface area contributed by atoms with Gasteiger partial charge in [-0.1, -0.05) is 27.7 Å². The average Bonchev–Trinajstić information content (AvgIpc) is 2.71. The lowest BCUT2D eigenvalue weighted by Crippen LogP contribution is -1.86. The van der Waals surface area contributed by atoms with Gasteiger partial charge in [0.1, 0.15) is 6.33 Å². The van der Waals surface area contributed by atoms with Crippen LogP contribution in [0.5, 0.6) is 0 Å². The molecular weight excluding hydrogens is 164 g/mol. The largest absolute Gasteiger partial charge is 0.252 e. The van der Waals surface area contributed by atoms with E-state index in [0.717, 1.165) is 0 Å². The van der Waals surface area contributed by atoms with Gasteiger partial charge in [0.15, 0.2) is 0 Å². The third kappa shape index (κ3) is 3.19. The van der Waals surface area contributed by atoms with Gasteiger partial charge in [-0.05, 0) is 6.07 Å². The summed E-state index contributed by atoms with van der Waals surface area (Å²) in [6.07, 6.45) is 4.96. The Labute approximate surface area is 78.6 Å². The highest BCUT2D eigenvalue weighted by molar-refractivity contribution is 5.21. The van der Waals surface area contributed by atoms with Gasteiger partial charge in [-0.2, -0.15) is 10.1 Å². The van der Waals surface area contributed by atoms with Crippen LogP contribution in [0.15, 0.2) is 24.8 Å². The molecule has 4 heteroatoms. The molecule has 0 aliphatic rings. The van der Waals surface area contributed by atoms with Crippen LogP contribution >= 0.6 is 0 Å². The van der Waals surface area contributed by atoms with Gasteiger partial charge in [-0.25, -0.2) is 9.50 Å². The maximum atomic E-state index is 3.93. The third-order valence-electron chi connectivity index (χ3n) is 1.06. The Bertz CT molecular complexity index is 286. The fraction of sp³-hybridized carbons (Fsp3) is 0.444. The zero-order valence-electron chi connectivity index (χ0n) is 8.60. The highest BCUT2D eigenvalue weighted by atomic mass is 15.3. The molecule has 2 aromatic heterocycles. The predicted molar refractivity (Wildman–Crippen MR) is 53.5 cm³/mol. The molecule has 0 unspecified atom stereocenters. The first kappa shape index (κ1) is 11.6. The summed E-state index contributed by atoms with van der Waals surface area (Å²) in [6, 6.07) is 1.81. The molecule has 0 aromatic carbocycles. The van der Waals surface area contributed by atoms with Crippen molar-refractivity contribution in [2.75, 3.05) is 0 Å². The molecule has 0 atom stereocenters. The minimum atomic E-state index is 0.637. The van der Waals surface area contributed by atoms with Crippen LogP contribution in [0.4, 0.5) is 0 Å². The van der Waals surface area contributed by atoms with Crippen LogP contribution in [-0.4, -0.2) is 19.6 Å². The first-order valence-electron chi connectivity index (χ1n) is 4.57. The summed E-state index contributed by atoms with van der Waals surface area (Å²) in [7, 11) is 0. The van der Waals surface area contributed by atoms with E-state index in [4.69, 9.17) is 0 Å². The number of aromatic nitrogens is 4. The van der Waals surface area contributed by atoms with Crippen molar-refractivity contribution in [2.24, 2.45) is 0 Å². The maximum Gasteiger partial charge on any atom is 0.252 e. The SMILES string of the molecule is CC.CC.c1cnc2ncnn2c1. The second kappa shape index (κ2) is 7.21. The van der Waals surface area contributed by atoms with Gasteiger partial charge in [0.05, 0.1) is 0 Å². The molecule has 0 bridgehead atoms. The average molecular weight is 180 g/mol. The number of hydrogen-bond donors (Lipinski definition) is 0. The standard InChI is InChI=1S/C5H4N4.2C2H6/c1-2-6-5-7-4-8-9(5)3-1;2*1-2/h1-4H;2*1-2H3. The van der Waals surface area contributed by atoms with E-state index in [0.29, 0.717) is 5.78 Å². The molecule has 72 valence electrons. The molecule has 0 saturated heterocycles. The summed E-state index contributed by atoms with van der Waals surface area (Å²) in [5.74, 6) is 0.637. The maximum absolute atomic E-state index is 3.93. The van der Waals surface area contributed by atoms with E-state index in [9.17, 15) is 0 Å². The Morgan fingerprint density at radius 3 is 2.38 bits per heavy atom. The van der Waals surface area contributed by atoms with Crippen LogP contribution in [-0.2, 0) is 0 Å². The molecular formula is C9H16N4. The van der Waals surface area contributed by atoms with E-state index in [1.54, 1.807) is 16.9 Å². The van der Waals surface area contributed by atoms with Gasteiger partial charge < -0.3 is 0 Å². The smallest absolute Gasteiger partial charge is 0.220 e. The van der Waals surface area contributed by atoms with E-state index < -0.39 is 0 Å². The molecule has 4 nitrogen and oxygen atoms in total. The van der Waals surface area contributed by atoms with Gasteiger partial charge >= 0.3 is 0 Å². The van der Waals surface area contributed by atoms with Gasteiger partial charge in [0.2, 0.25) is 0 Å². The third-order valence-corrected chi connectivity index (χ3v) is 1.06. The highest BCUT2D eigenvalue weighted by Crippen LogP contribution is 1.87. The first-order chi connectivity index (χ1) is 6.47. The molecule has 2 heterocycles. The number of rotatable bonds is 0. The predicted octanol–water partition coefficient (Wildman–Crippen LogP) is 2.18. The van der Waals surface area contributed by atoms with E-state index in [1.165, 1.54) is 6.33 Å². The minimum absolute atomic E-state index is 0.637. The summed E-state index contributed by atoms with van der Waals surface area (Å²) in [5.41, 5.74) is 0. The number of hydrogen-bond acceptors (Lipinski definition) is 3. The van der Waals surface area contributed by atoms with E-state index >= 15 is 0 Å². The summed E-state index contributed by atoms with van der Waals surface area (Å²) in [4.78, 5) is 7.79. The van der Waals surface area contributed by atoms with Gasteiger partial charge in [-0.15, -0.1) is 0 Å². The van der Waals surface area contributed by atoms with Crippen LogP contribution in [0.1, 0.15) is 27.7 Å². The van der Waals surface area contributed by atoms with Crippen molar-refractivity contribution < 1.29 is 0 Å². The monoisotopic (exact) mass is 180 g/mol. The van der Waals surface area contributed by atoms with Crippen molar-refractivity contribution in [1.29, 1.82) is 0 Å². The van der Waals surface area contributed by atoms with Crippen LogP contribution in [0.3, 0.4) is 0 Å². The van der Waals surface area contributed by atoms with E-state index in [1.807, 2.05) is 33.8 Å². The van der Waals surface area contributed by atoms with Gasteiger partial charge in [0.25, 0.3) is 5.78 Å². The van der Waals surface area contributed by atoms with Crippen LogP contribution < -0.4 is 0 Å². The summed E-state index contributed by atoms with van der Waals surface area (Å²) in [5, 5.41) is 3.86. The molecule has 0 amide bonds. The molecule has 0 aliphatic heterocycles. The molecule has 0 saturated carbocycles. The van der Waals surface area contributed by atoms with Crippen LogP contribution in [0.2, 0.25) is 0 Å². The normalized spacial score (nSPS) is 8.00. The lowest BCUT2D eigenvalue weighted by molar-refractivity contribution is 0.939. The molecule has 0 N–H and O–H groups in total. The zero-order chi connectivity index (χ0) is 10.1. The number of nitrogens with zero attached hydrogens (tertiary/aromatic N) is 4. The molecule has 13 heavy (non-hydrogen) atoms. The molecule has 0 aliphatic carbocycles. The number of fused-ring (bicyclic) bond motifs is 1. The Morgan fingerprint density at radius 2 is 1.77 bits per heavy atom. The van der Waals surface area contributed by atoms with E-state index in [-0.39, 0.29) is 0 Å². The molecule has 2 aromatic rings. The Morgan fingerprint density at radius 1 is 1.08 bits per heavy atom. The second-order valence-corrected chi connectivity index (χ2v) is 1.62. The molecule has 0 radical (unpaired) electrons. The van der Waals surface area contributed by atoms with Crippen LogP contribution in [0.25, 0.3) is 5.78 Å². The Kier molecular flexibility index (Phi) is 6.41. The minimum Gasteiger partial charge on any atom is -0.220 e. The molecule has 2 rings (SSSR count). The van der Waals surface area contributed by atoms with Crippen molar-refractivity contribution >= 4 is 5.78 Å². The van der Waals surface area contributed by atoms with Crippen molar-refractivity contribution in [3.05, 3.63) is 24.8 Å². The quantitative estimate of drug-likeness (QED) is 0.624. The van der Waals surface area contributed by atoms with Crippen molar-refractivity contribution in [3.8, 4) is 0 Å². The van der Waals surface area contributed by atoms with Crippen molar-refractivity contribution in [3.63, 3.8) is 0 Å². The lowest BCUT2D eigenvalue weighted by Gasteiger charge is -1.83. The lowest BCUT2D eigenvalue weighted by atomic mass is 10.7. The van der Waals surface area contributed by atoms with Gasteiger partial charge in [-0.3, -0.25) is 0 Å². The molecule has 0 fully saturated rings. The second-order valence-electron chi connectivity index (χ2n) is 1.62. The van der Waals surface area contributed by atoms with Crippen molar-refractivity contribution in [2.45, 2.75) is 27.7 Å². The first-order valence-corrected chi connectivity index (χ1v) is 4.57. The summed E-state index contributed by atoms with van der Waals surface area (Å²) >= 11 is 0.